The van der Waals surface area contributed by atoms with Crippen LogP contribution in [0.15, 0.2) is 0 Å². The van der Waals surface area contributed by atoms with Crippen LogP contribution in [0.4, 0.5) is 0 Å². The summed E-state index contributed by atoms with van der Waals surface area (Å²) in [5, 5.41) is 0. The van der Waals surface area contributed by atoms with Crippen molar-refractivity contribution in [2.75, 3.05) is 99.0 Å². The van der Waals surface area contributed by atoms with Crippen molar-refractivity contribution in [3.63, 3.8) is 0 Å². The van der Waals surface area contributed by atoms with Gasteiger partial charge in [-0.3, -0.25) is 0 Å². The number of hydrogen-bond acceptors (Lipinski definition) is 8. The van der Waals surface area contributed by atoms with Gasteiger partial charge in [0.05, 0.1) is 72.7 Å². The zero-order chi connectivity index (χ0) is 23.7. The molecule has 0 aliphatic carbocycles. The van der Waals surface area contributed by atoms with E-state index in [1.54, 1.807) is 0 Å². The molecule has 192 valence electrons. The zero-order valence-electron chi connectivity index (χ0n) is 21.2. The molecule has 0 radical (unpaired) electrons. The van der Waals surface area contributed by atoms with Gasteiger partial charge in [0.2, 0.25) is 0 Å². The summed E-state index contributed by atoms with van der Waals surface area (Å²) in [7, 11) is 0. The molecule has 0 unspecified atom stereocenters. The van der Waals surface area contributed by atoms with Crippen LogP contribution in [0.25, 0.3) is 0 Å². The third kappa shape index (κ3) is 40.6. The molecule has 0 heterocycles. The van der Waals surface area contributed by atoms with Crippen molar-refractivity contribution in [1.29, 1.82) is 0 Å². The van der Waals surface area contributed by atoms with E-state index < -0.39 is 0 Å². The molecule has 0 aliphatic rings. The Morgan fingerprint density at radius 1 is 0.387 bits per heavy atom. The minimum atomic E-state index is 0.563. The van der Waals surface area contributed by atoms with Crippen LogP contribution in [-0.4, -0.2) is 99.0 Å². The maximum Gasteiger partial charge on any atom is 0.0701 e. The Hall–Kier alpha value is -0.320. The van der Waals surface area contributed by atoms with Gasteiger partial charge >= 0.3 is 0 Å². The number of rotatable bonds is 24. The van der Waals surface area contributed by atoms with Crippen LogP contribution >= 0.6 is 0 Å². The first-order chi connectivity index (χ1) is 15.4. The standard InChI is InChI=1S/C19H41NO7.2C2H6/c1-2-21-10-11-24-14-15-26-18-19-27-17-16-25-13-12-23-8-5-3-4-7-22-9-6-20;2*1-2/h2-20H2,1H3;2*1-2H3. The van der Waals surface area contributed by atoms with Crippen LogP contribution < -0.4 is 5.73 Å². The molecule has 0 fully saturated rings. The van der Waals surface area contributed by atoms with Gasteiger partial charge in [-0.25, -0.2) is 0 Å². The SMILES string of the molecule is CC.CC.CCOCCOCCOCCOCCOCCOCCCCCOCCN. The second-order valence-electron chi connectivity index (χ2n) is 5.72. The molecule has 8 nitrogen and oxygen atoms in total. The Labute approximate surface area is 192 Å². The van der Waals surface area contributed by atoms with Crippen molar-refractivity contribution in [3.05, 3.63) is 0 Å². The van der Waals surface area contributed by atoms with Gasteiger partial charge in [-0.1, -0.05) is 27.7 Å². The van der Waals surface area contributed by atoms with E-state index >= 15 is 0 Å². The highest BCUT2D eigenvalue weighted by atomic mass is 16.6. The van der Waals surface area contributed by atoms with Gasteiger partial charge in [0.15, 0.2) is 0 Å². The van der Waals surface area contributed by atoms with E-state index in [2.05, 4.69) is 0 Å². The predicted octanol–water partition coefficient (Wildman–Crippen LogP) is 3.30. The maximum absolute atomic E-state index is 5.51. The molecular weight excluding hydrogens is 402 g/mol. The van der Waals surface area contributed by atoms with Crippen LogP contribution in [0.3, 0.4) is 0 Å². The number of hydrogen-bond donors (Lipinski definition) is 1. The van der Waals surface area contributed by atoms with Crippen molar-refractivity contribution < 1.29 is 33.2 Å². The van der Waals surface area contributed by atoms with E-state index in [1.807, 2.05) is 34.6 Å². The Bertz CT molecular complexity index is 238. The summed E-state index contributed by atoms with van der Waals surface area (Å²) in [6, 6.07) is 0. The lowest BCUT2D eigenvalue weighted by molar-refractivity contribution is -0.0163. The molecule has 0 rings (SSSR count). The topological polar surface area (TPSA) is 90.6 Å². The fourth-order valence-electron chi connectivity index (χ4n) is 2.01. The molecule has 0 spiro atoms. The summed E-state index contributed by atoms with van der Waals surface area (Å²) in [5.74, 6) is 0. The van der Waals surface area contributed by atoms with E-state index in [1.165, 1.54) is 0 Å². The molecule has 0 atom stereocenters. The van der Waals surface area contributed by atoms with Gasteiger partial charge in [0, 0.05) is 26.4 Å². The molecule has 31 heavy (non-hydrogen) atoms. The van der Waals surface area contributed by atoms with E-state index in [0.717, 1.165) is 39.1 Å². The highest BCUT2D eigenvalue weighted by molar-refractivity contribution is 4.42. The first-order valence-corrected chi connectivity index (χ1v) is 12.2. The largest absolute Gasteiger partial charge is 0.380 e. The minimum Gasteiger partial charge on any atom is -0.380 e. The lowest BCUT2D eigenvalue weighted by Crippen LogP contribution is -2.14. The molecule has 0 aromatic rings. The summed E-state index contributed by atoms with van der Waals surface area (Å²) in [6.07, 6.45) is 3.22. The van der Waals surface area contributed by atoms with Crippen molar-refractivity contribution >= 4 is 0 Å². The first-order valence-electron chi connectivity index (χ1n) is 12.2. The van der Waals surface area contributed by atoms with Crippen molar-refractivity contribution in [2.24, 2.45) is 5.73 Å². The van der Waals surface area contributed by atoms with Gasteiger partial charge in [0.1, 0.15) is 0 Å². The van der Waals surface area contributed by atoms with E-state index in [4.69, 9.17) is 38.9 Å². The van der Waals surface area contributed by atoms with Crippen molar-refractivity contribution in [2.45, 2.75) is 53.9 Å². The summed E-state index contributed by atoms with van der Waals surface area (Å²) < 4.78 is 37.6. The van der Waals surface area contributed by atoms with Crippen LogP contribution in [0.5, 0.6) is 0 Å². The second-order valence-corrected chi connectivity index (χ2v) is 5.72. The van der Waals surface area contributed by atoms with Gasteiger partial charge < -0.3 is 38.9 Å². The molecule has 0 bridgehead atoms. The average Bonchev–Trinajstić information content (AvgIpc) is 2.82. The number of ether oxygens (including phenoxy) is 7. The van der Waals surface area contributed by atoms with E-state index in [0.29, 0.717) is 79.2 Å². The molecular formula is C23H53NO7. The highest BCUT2D eigenvalue weighted by Gasteiger charge is 1.94. The van der Waals surface area contributed by atoms with E-state index in [9.17, 15) is 0 Å². The first kappa shape index (κ1) is 35.3. The van der Waals surface area contributed by atoms with Crippen LogP contribution in [0, 0.1) is 0 Å². The van der Waals surface area contributed by atoms with Crippen LogP contribution in [0.2, 0.25) is 0 Å². The Kier molecular flexibility index (Phi) is 45.6. The normalized spacial score (nSPS) is 10.3. The maximum atomic E-state index is 5.51. The molecule has 0 saturated heterocycles. The van der Waals surface area contributed by atoms with Crippen molar-refractivity contribution in [3.8, 4) is 0 Å². The molecule has 0 aliphatic heterocycles. The summed E-state index contributed by atoms with van der Waals surface area (Å²) in [4.78, 5) is 0. The number of unbranched alkanes of at least 4 members (excludes halogenated alkanes) is 2. The van der Waals surface area contributed by atoms with Crippen molar-refractivity contribution in [1.82, 2.24) is 0 Å². The average molecular weight is 456 g/mol. The van der Waals surface area contributed by atoms with Gasteiger partial charge in [-0.05, 0) is 26.2 Å². The molecule has 2 N–H and O–H groups in total. The lowest BCUT2D eigenvalue weighted by Gasteiger charge is -2.08. The zero-order valence-corrected chi connectivity index (χ0v) is 21.2. The van der Waals surface area contributed by atoms with Crippen LogP contribution in [0.1, 0.15) is 53.9 Å². The molecule has 0 amide bonds. The summed E-state index contributed by atoms with van der Waals surface area (Å²) in [6.45, 7) is 19.4. The monoisotopic (exact) mass is 455 g/mol. The molecule has 0 saturated carbocycles. The third-order valence-electron chi connectivity index (χ3n) is 3.40. The minimum absolute atomic E-state index is 0.563. The third-order valence-corrected chi connectivity index (χ3v) is 3.40. The fraction of sp³-hybridized carbons (Fsp3) is 1.00. The molecule has 8 heteroatoms. The summed E-state index contributed by atoms with van der Waals surface area (Å²) in [5.41, 5.74) is 5.34. The van der Waals surface area contributed by atoms with Gasteiger partial charge in [-0.15, -0.1) is 0 Å². The molecule has 0 aromatic carbocycles. The smallest absolute Gasteiger partial charge is 0.0701 e. The molecule has 0 aromatic heterocycles. The fourth-order valence-corrected chi connectivity index (χ4v) is 2.01. The predicted molar refractivity (Wildman–Crippen MR) is 127 cm³/mol. The highest BCUT2D eigenvalue weighted by Crippen LogP contribution is 1.96. The quantitative estimate of drug-likeness (QED) is 0.222. The van der Waals surface area contributed by atoms with Crippen LogP contribution in [-0.2, 0) is 33.2 Å². The number of nitrogens with two attached hydrogens (primary N) is 1. The summed E-state index contributed by atoms with van der Waals surface area (Å²) >= 11 is 0. The second kappa shape index (κ2) is 40.1. The lowest BCUT2D eigenvalue weighted by atomic mass is 10.2. The van der Waals surface area contributed by atoms with Gasteiger partial charge in [0.25, 0.3) is 0 Å². The Morgan fingerprint density at radius 2 is 0.677 bits per heavy atom. The Balaban J connectivity index is -0.00000184. The van der Waals surface area contributed by atoms with E-state index in [-0.39, 0.29) is 0 Å². The van der Waals surface area contributed by atoms with Gasteiger partial charge in [-0.2, -0.15) is 0 Å². The Morgan fingerprint density at radius 3 is 1.00 bits per heavy atom.